The van der Waals surface area contributed by atoms with Crippen LogP contribution in [0.1, 0.15) is 46.0 Å². The molecule has 1 aromatic carbocycles. The maximum atomic E-state index is 12.4. The topological polar surface area (TPSA) is 54.3 Å². The summed E-state index contributed by atoms with van der Waals surface area (Å²) in [4.78, 5) is 12.4. The van der Waals surface area contributed by atoms with Gasteiger partial charge in [-0.3, -0.25) is 4.79 Å². The van der Waals surface area contributed by atoms with E-state index in [9.17, 15) is 4.79 Å². The lowest BCUT2D eigenvalue weighted by Crippen LogP contribution is -2.27. The van der Waals surface area contributed by atoms with Crippen LogP contribution in [0.15, 0.2) is 28.7 Å². The molecule has 0 aliphatic heterocycles. The van der Waals surface area contributed by atoms with Crippen LogP contribution in [0.2, 0.25) is 0 Å². The highest BCUT2D eigenvalue weighted by Crippen LogP contribution is 2.22. The van der Waals surface area contributed by atoms with Crippen molar-refractivity contribution < 1.29 is 9.21 Å². The van der Waals surface area contributed by atoms with E-state index in [1.807, 2.05) is 59.0 Å². The molecule has 1 heterocycles. The van der Waals surface area contributed by atoms with Crippen LogP contribution >= 0.6 is 0 Å². The molecule has 0 bridgehead atoms. The maximum Gasteiger partial charge on any atom is 0.252 e. The van der Waals surface area contributed by atoms with Crippen molar-refractivity contribution in [2.75, 3.05) is 12.4 Å². The SMILES string of the molecule is CNc1ccc(C(=O)NC(C)c2cc(C)oc2C)c(C)c1. The number of hydrogen-bond acceptors (Lipinski definition) is 3. The lowest BCUT2D eigenvalue weighted by Gasteiger charge is -2.15. The molecule has 4 nitrogen and oxygen atoms in total. The highest BCUT2D eigenvalue weighted by molar-refractivity contribution is 5.96. The molecule has 2 N–H and O–H groups in total. The Morgan fingerprint density at radius 3 is 2.43 bits per heavy atom. The van der Waals surface area contributed by atoms with Crippen molar-refractivity contribution in [3.63, 3.8) is 0 Å². The lowest BCUT2D eigenvalue weighted by atomic mass is 10.1. The smallest absolute Gasteiger partial charge is 0.252 e. The number of nitrogens with one attached hydrogen (secondary N) is 2. The fourth-order valence-electron chi connectivity index (χ4n) is 2.51. The number of amides is 1. The molecule has 0 saturated carbocycles. The third-order valence-corrected chi connectivity index (χ3v) is 3.65. The number of anilines is 1. The standard InChI is InChI=1S/C17H22N2O2/c1-10-8-14(18-5)6-7-15(10)17(20)19-12(3)16-9-11(2)21-13(16)4/h6-9,12,18H,1-5H3,(H,19,20). The van der Waals surface area contributed by atoms with Gasteiger partial charge in [0.2, 0.25) is 0 Å². The van der Waals surface area contributed by atoms with E-state index in [0.29, 0.717) is 5.56 Å². The van der Waals surface area contributed by atoms with E-state index in [4.69, 9.17) is 4.42 Å². The van der Waals surface area contributed by atoms with Crippen LogP contribution in [0.5, 0.6) is 0 Å². The Kier molecular flexibility index (Phi) is 4.36. The zero-order chi connectivity index (χ0) is 15.6. The summed E-state index contributed by atoms with van der Waals surface area (Å²) in [6.07, 6.45) is 0. The largest absolute Gasteiger partial charge is 0.466 e. The normalized spacial score (nSPS) is 12.0. The molecule has 1 atom stereocenters. The molecule has 1 aromatic heterocycles. The minimum absolute atomic E-state index is 0.0686. The Bertz CT molecular complexity index is 659. The summed E-state index contributed by atoms with van der Waals surface area (Å²) >= 11 is 0. The van der Waals surface area contributed by atoms with E-state index < -0.39 is 0 Å². The van der Waals surface area contributed by atoms with Crippen molar-refractivity contribution in [2.24, 2.45) is 0 Å². The fraction of sp³-hybridized carbons (Fsp3) is 0.353. The molecule has 0 aliphatic rings. The predicted octanol–water partition coefficient (Wildman–Crippen LogP) is 3.74. The second-order valence-electron chi connectivity index (χ2n) is 5.34. The van der Waals surface area contributed by atoms with E-state index in [1.165, 1.54) is 0 Å². The van der Waals surface area contributed by atoms with E-state index in [0.717, 1.165) is 28.3 Å². The van der Waals surface area contributed by atoms with E-state index in [2.05, 4.69) is 10.6 Å². The van der Waals surface area contributed by atoms with Crippen molar-refractivity contribution in [1.29, 1.82) is 0 Å². The molecule has 112 valence electrons. The zero-order valence-corrected chi connectivity index (χ0v) is 13.2. The predicted molar refractivity (Wildman–Crippen MR) is 84.8 cm³/mol. The first-order valence-corrected chi connectivity index (χ1v) is 7.08. The number of benzene rings is 1. The molecule has 1 unspecified atom stereocenters. The number of carbonyl (C=O) groups excluding carboxylic acids is 1. The minimum atomic E-state index is -0.0849. The fourth-order valence-corrected chi connectivity index (χ4v) is 2.51. The van der Waals surface area contributed by atoms with E-state index in [-0.39, 0.29) is 11.9 Å². The summed E-state index contributed by atoms with van der Waals surface area (Å²) in [7, 11) is 1.86. The van der Waals surface area contributed by atoms with Gasteiger partial charge in [-0.2, -0.15) is 0 Å². The first kappa shape index (κ1) is 15.2. The van der Waals surface area contributed by atoms with E-state index in [1.54, 1.807) is 0 Å². The summed E-state index contributed by atoms with van der Waals surface area (Å²) < 4.78 is 5.52. The first-order valence-electron chi connectivity index (χ1n) is 7.08. The van der Waals surface area contributed by atoms with Crippen LogP contribution in [0.25, 0.3) is 0 Å². The summed E-state index contributed by atoms with van der Waals surface area (Å²) in [5.74, 6) is 1.64. The van der Waals surface area contributed by atoms with Crippen LogP contribution in [0.3, 0.4) is 0 Å². The van der Waals surface area contributed by atoms with Gasteiger partial charge in [0.1, 0.15) is 11.5 Å². The summed E-state index contributed by atoms with van der Waals surface area (Å²) in [6.45, 7) is 7.73. The molecule has 0 radical (unpaired) electrons. The third kappa shape index (κ3) is 3.27. The Balaban J connectivity index is 2.16. The van der Waals surface area contributed by atoms with Gasteiger partial charge in [-0.1, -0.05) is 0 Å². The number of furan rings is 1. The Labute approximate surface area is 125 Å². The summed E-state index contributed by atoms with van der Waals surface area (Å²) in [5.41, 5.74) is 3.66. The second kappa shape index (κ2) is 6.04. The monoisotopic (exact) mass is 286 g/mol. The summed E-state index contributed by atoms with van der Waals surface area (Å²) in [6, 6.07) is 7.60. The van der Waals surface area contributed by atoms with Crippen LogP contribution in [-0.4, -0.2) is 13.0 Å². The van der Waals surface area contributed by atoms with E-state index >= 15 is 0 Å². The molecule has 0 aliphatic carbocycles. The highest BCUT2D eigenvalue weighted by atomic mass is 16.3. The van der Waals surface area contributed by atoms with Crippen LogP contribution in [0, 0.1) is 20.8 Å². The van der Waals surface area contributed by atoms with Gasteiger partial charge in [-0.05, 0) is 57.5 Å². The minimum Gasteiger partial charge on any atom is -0.466 e. The number of aryl methyl sites for hydroxylation is 3. The van der Waals surface area contributed by atoms with Gasteiger partial charge in [0.25, 0.3) is 5.91 Å². The number of carbonyl (C=O) groups is 1. The Morgan fingerprint density at radius 1 is 1.19 bits per heavy atom. The Hall–Kier alpha value is -2.23. The highest BCUT2D eigenvalue weighted by Gasteiger charge is 2.17. The quantitative estimate of drug-likeness (QED) is 0.900. The van der Waals surface area contributed by atoms with Crippen molar-refractivity contribution >= 4 is 11.6 Å². The van der Waals surface area contributed by atoms with Gasteiger partial charge in [-0.25, -0.2) is 0 Å². The van der Waals surface area contributed by atoms with Gasteiger partial charge in [-0.15, -0.1) is 0 Å². The molecule has 2 rings (SSSR count). The first-order chi connectivity index (χ1) is 9.92. The molecule has 4 heteroatoms. The third-order valence-electron chi connectivity index (χ3n) is 3.65. The summed E-state index contributed by atoms with van der Waals surface area (Å²) in [5, 5.41) is 6.09. The van der Waals surface area contributed by atoms with Crippen molar-refractivity contribution in [2.45, 2.75) is 33.7 Å². The second-order valence-corrected chi connectivity index (χ2v) is 5.34. The van der Waals surface area contributed by atoms with Crippen LogP contribution in [0.4, 0.5) is 5.69 Å². The molecular weight excluding hydrogens is 264 g/mol. The van der Waals surface area contributed by atoms with Gasteiger partial charge in [0.05, 0.1) is 6.04 Å². The van der Waals surface area contributed by atoms with Gasteiger partial charge < -0.3 is 15.1 Å². The van der Waals surface area contributed by atoms with Gasteiger partial charge in [0.15, 0.2) is 0 Å². The molecule has 0 fully saturated rings. The van der Waals surface area contributed by atoms with Crippen molar-refractivity contribution in [3.05, 3.63) is 52.5 Å². The molecule has 0 spiro atoms. The zero-order valence-electron chi connectivity index (χ0n) is 13.2. The molecule has 1 amide bonds. The lowest BCUT2D eigenvalue weighted by molar-refractivity contribution is 0.0939. The molecular formula is C17H22N2O2. The van der Waals surface area contributed by atoms with Crippen LogP contribution < -0.4 is 10.6 Å². The molecule has 2 aromatic rings. The molecule has 21 heavy (non-hydrogen) atoms. The molecule has 0 saturated heterocycles. The average Bonchev–Trinajstić information content (AvgIpc) is 2.77. The van der Waals surface area contributed by atoms with Crippen molar-refractivity contribution in [1.82, 2.24) is 5.32 Å². The maximum absolute atomic E-state index is 12.4. The average molecular weight is 286 g/mol. The van der Waals surface area contributed by atoms with Gasteiger partial charge in [0, 0.05) is 23.9 Å². The Morgan fingerprint density at radius 2 is 1.90 bits per heavy atom. The van der Waals surface area contributed by atoms with Crippen LogP contribution in [-0.2, 0) is 0 Å². The number of rotatable bonds is 4. The van der Waals surface area contributed by atoms with Gasteiger partial charge >= 0.3 is 0 Å². The van der Waals surface area contributed by atoms with Crippen molar-refractivity contribution in [3.8, 4) is 0 Å². The number of hydrogen-bond donors (Lipinski definition) is 2.